The summed E-state index contributed by atoms with van der Waals surface area (Å²) in [6, 6.07) is 1.88. The van der Waals surface area contributed by atoms with Crippen molar-refractivity contribution in [3.63, 3.8) is 0 Å². The number of amides is 1. The Hall–Kier alpha value is -0.720. The van der Waals surface area contributed by atoms with Gasteiger partial charge < -0.3 is 5.32 Å². The maximum Gasteiger partial charge on any atom is 0.262 e. The van der Waals surface area contributed by atoms with Gasteiger partial charge in [0.2, 0.25) is 0 Å². The number of hydrogen-bond donors (Lipinski definition) is 1. The Balaban J connectivity index is 1.83. The second kappa shape index (κ2) is 5.56. The second-order valence-electron chi connectivity index (χ2n) is 3.03. The van der Waals surface area contributed by atoms with Crippen LogP contribution in [0.2, 0.25) is 0 Å². The Labute approximate surface area is 110 Å². The highest BCUT2D eigenvalue weighted by atomic mass is 79.9. The molecule has 0 aliphatic heterocycles. The molecule has 16 heavy (non-hydrogen) atoms. The first-order valence-electron chi connectivity index (χ1n) is 4.67. The lowest BCUT2D eigenvalue weighted by molar-refractivity contribution is 0.0957. The molecule has 6 heteroatoms. The van der Waals surface area contributed by atoms with Crippen LogP contribution < -0.4 is 5.32 Å². The van der Waals surface area contributed by atoms with Crippen molar-refractivity contribution in [3.05, 3.63) is 37.4 Å². The Bertz CT molecular complexity index is 467. The van der Waals surface area contributed by atoms with Crippen LogP contribution in [0.4, 0.5) is 0 Å². The summed E-state index contributed by atoms with van der Waals surface area (Å²) in [5.74, 6) is -0.0292. The zero-order valence-corrected chi connectivity index (χ0v) is 11.5. The molecule has 0 fully saturated rings. The number of halogens is 1. The summed E-state index contributed by atoms with van der Waals surface area (Å²) in [6.45, 7) is 0.622. The third-order valence-electron chi connectivity index (χ3n) is 1.93. The normalized spacial score (nSPS) is 10.3. The third kappa shape index (κ3) is 2.90. The molecule has 1 amide bonds. The molecule has 0 aliphatic rings. The first-order valence-corrected chi connectivity index (χ1v) is 7.22. The van der Waals surface area contributed by atoms with Gasteiger partial charge in [-0.2, -0.15) is 0 Å². The van der Waals surface area contributed by atoms with E-state index in [1.54, 1.807) is 17.5 Å². The molecule has 0 saturated carbocycles. The van der Waals surface area contributed by atoms with Gasteiger partial charge in [0.1, 0.15) is 4.88 Å². The number of carbonyl (C=O) groups excluding carboxylic acids is 1. The highest BCUT2D eigenvalue weighted by Crippen LogP contribution is 2.22. The standard InChI is InChI=1S/C10H9BrN2OS2/c11-7-2-5-16-9(7)10(14)13-3-1-8-12-4-6-15-8/h2,4-6H,1,3H2,(H,13,14). The minimum Gasteiger partial charge on any atom is -0.351 e. The minimum atomic E-state index is -0.0292. The Morgan fingerprint density at radius 1 is 1.44 bits per heavy atom. The molecule has 0 aromatic carbocycles. The first-order chi connectivity index (χ1) is 7.77. The van der Waals surface area contributed by atoms with Crippen molar-refractivity contribution < 1.29 is 4.79 Å². The smallest absolute Gasteiger partial charge is 0.262 e. The zero-order chi connectivity index (χ0) is 11.4. The van der Waals surface area contributed by atoms with E-state index in [-0.39, 0.29) is 5.91 Å². The average molecular weight is 317 g/mol. The molecule has 0 radical (unpaired) electrons. The molecule has 3 nitrogen and oxygen atoms in total. The van der Waals surface area contributed by atoms with Gasteiger partial charge in [-0.05, 0) is 27.4 Å². The van der Waals surface area contributed by atoms with Crippen molar-refractivity contribution >= 4 is 44.5 Å². The molecule has 2 aromatic heterocycles. The Morgan fingerprint density at radius 3 is 2.94 bits per heavy atom. The largest absolute Gasteiger partial charge is 0.351 e. The van der Waals surface area contributed by atoms with Crippen LogP contribution in [-0.2, 0) is 6.42 Å². The highest BCUT2D eigenvalue weighted by Gasteiger charge is 2.10. The lowest BCUT2D eigenvalue weighted by Crippen LogP contribution is -2.25. The SMILES string of the molecule is O=C(NCCc1nccs1)c1sccc1Br. The molecule has 0 spiro atoms. The van der Waals surface area contributed by atoms with Gasteiger partial charge in [-0.3, -0.25) is 4.79 Å². The van der Waals surface area contributed by atoms with Crippen LogP contribution in [0.25, 0.3) is 0 Å². The van der Waals surface area contributed by atoms with Gasteiger partial charge in [0.15, 0.2) is 0 Å². The maximum absolute atomic E-state index is 11.7. The predicted octanol–water partition coefficient (Wildman–Crippen LogP) is 2.94. The van der Waals surface area contributed by atoms with E-state index in [0.29, 0.717) is 6.54 Å². The Kier molecular flexibility index (Phi) is 4.09. The molecule has 0 bridgehead atoms. The molecule has 2 rings (SSSR count). The van der Waals surface area contributed by atoms with Crippen LogP contribution >= 0.6 is 38.6 Å². The number of thiazole rings is 1. The minimum absolute atomic E-state index is 0.0292. The van der Waals surface area contributed by atoms with E-state index in [9.17, 15) is 4.79 Å². The maximum atomic E-state index is 11.7. The van der Waals surface area contributed by atoms with E-state index in [1.807, 2.05) is 16.8 Å². The van der Waals surface area contributed by atoms with E-state index in [2.05, 4.69) is 26.2 Å². The topological polar surface area (TPSA) is 42.0 Å². The van der Waals surface area contributed by atoms with Crippen molar-refractivity contribution in [2.75, 3.05) is 6.54 Å². The van der Waals surface area contributed by atoms with E-state index in [0.717, 1.165) is 20.8 Å². The van der Waals surface area contributed by atoms with Crippen molar-refractivity contribution in [1.29, 1.82) is 0 Å². The molecule has 0 atom stereocenters. The quantitative estimate of drug-likeness (QED) is 0.942. The number of hydrogen-bond acceptors (Lipinski definition) is 4. The predicted molar refractivity (Wildman–Crippen MR) is 70.2 cm³/mol. The average Bonchev–Trinajstić information content (AvgIpc) is 2.88. The van der Waals surface area contributed by atoms with Crippen LogP contribution in [0.3, 0.4) is 0 Å². The van der Waals surface area contributed by atoms with Gasteiger partial charge in [-0.1, -0.05) is 0 Å². The van der Waals surface area contributed by atoms with Crippen molar-refractivity contribution in [2.24, 2.45) is 0 Å². The summed E-state index contributed by atoms with van der Waals surface area (Å²) in [5, 5.41) is 7.75. The zero-order valence-electron chi connectivity index (χ0n) is 8.27. The van der Waals surface area contributed by atoms with Gasteiger partial charge in [0, 0.05) is 29.0 Å². The fourth-order valence-corrected chi connectivity index (χ4v) is 3.28. The molecule has 84 valence electrons. The number of thiophene rings is 1. The van der Waals surface area contributed by atoms with Crippen LogP contribution in [0.15, 0.2) is 27.5 Å². The van der Waals surface area contributed by atoms with Crippen LogP contribution in [0.5, 0.6) is 0 Å². The summed E-state index contributed by atoms with van der Waals surface area (Å²) in [6.07, 6.45) is 2.56. The number of aromatic nitrogens is 1. The van der Waals surface area contributed by atoms with Gasteiger partial charge in [-0.15, -0.1) is 22.7 Å². The van der Waals surface area contributed by atoms with Gasteiger partial charge in [-0.25, -0.2) is 4.98 Å². The molecule has 0 unspecified atom stereocenters. The molecule has 1 N–H and O–H groups in total. The molecular formula is C10H9BrN2OS2. The van der Waals surface area contributed by atoms with Crippen LogP contribution in [0.1, 0.15) is 14.7 Å². The fraction of sp³-hybridized carbons (Fsp3) is 0.200. The first kappa shape index (κ1) is 11.8. The van der Waals surface area contributed by atoms with Crippen LogP contribution in [-0.4, -0.2) is 17.4 Å². The monoisotopic (exact) mass is 316 g/mol. The van der Waals surface area contributed by atoms with Crippen molar-refractivity contribution in [1.82, 2.24) is 10.3 Å². The number of nitrogens with one attached hydrogen (secondary N) is 1. The summed E-state index contributed by atoms with van der Waals surface area (Å²) in [7, 11) is 0. The lowest BCUT2D eigenvalue weighted by atomic mass is 10.4. The Morgan fingerprint density at radius 2 is 2.31 bits per heavy atom. The van der Waals surface area contributed by atoms with Crippen molar-refractivity contribution in [2.45, 2.75) is 6.42 Å². The fourth-order valence-electron chi connectivity index (χ4n) is 1.20. The highest BCUT2D eigenvalue weighted by molar-refractivity contribution is 9.10. The number of rotatable bonds is 4. The number of carbonyl (C=O) groups is 1. The third-order valence-corrected chi connectivity index (χ3v) is 4.61. The second-order valence-corrected chi connectivity index (χ2v) is 5.78. The molecule has 0 saturated heterocycles. The van der Waals surface area contributed by atoms with E-state index < -0.39 is 0 Å². The van der Waals surface area contributed by atoms with E-state index in [1.165, 1.54) is 11.3 Å². The molecule has 2 heterocycles. The summed E-state index contributed by atoms with van der Waals surface area (Å²) < 4.78 is 0.851. The number of nitrogens with zero attached hydrogens (tertiary/aromatic N) is 1. The molecule has 2 aromatic rings. The van der Waals surface area contributed by atoms with E-state index in [4.69, 9.17) is 0 Å². The van der Waals surface area contributed by atoms with Crippen LogP contribution in [0, 0.1) is 0 Å². The van der Waals surface area contributed by atoms with Gasteiger partial charge in [0.25, 0.3) is 5.91 Å². The molecule has 0 aliphatic carbocycles. The van der Waals surface area contributed by atoms with E-state index >= 15 is 0 Å². The summed E-state index contributed by atoms with van der Waals surface area (Å²) >= 11 is 6.38. The summed E-state index contributed by atoms with van der Waals surface area (Å²) in [4.78, 5) is 16.6. The van der Waals surface area contributed by atoms with Gasteiger partial charge in [0.05, 0.1) is 5.01 Å². The molecular weight excluding hydrogens is 308 g/mol. The van der Waals surface area contributed by atoms with Crippen molar-refractivity contribution in [3.8, 4) is 0 Å². The lowest BCUT2D eigenvalue weighted by Gasteiger charge is -2.02. The summed E-state index contributed by atoms with van der Waals surface area (Å²) in [5.41, 5.74) is 0. The van der Waals surface area contributed by atoms with Gasteiger partial charge >= 0.3 is 0 Å².